The SMILES string of the molecule is CC(C)(O)[C@@H]1CC[C@](C)([C@H]2CC[C@]3(C)[C@@H]2CC[C@@H]2[C@@]4(C)CC[C@H](O)C(C)(C)[C@H]4CC[C@]23C)O1. The van der Waals surface area contributed by atoms with Crippen molar-refractivity contribution in [1.82, 2.24) is 0 Å². The molecular weight excluding hydrogens is 408 g/mol. The van der Waals surface area contributed by atoms with Gasteiger partial charge < -0.3 is 14.9 Å². The quantitative estimate of drug-likeness (QED) is 0.480. The van der Waals surface area contributed by atoms with Gasteiger partial charge in [0.2, 0.25) is 0 Å². The zero-order valence-electron chi connectivity index (χ0n) is 22.8. The largest absolute Gasteiger partial charge is 0.393 e. The fraction of sp³-hybridized carbons (Fsp3) is 1.00. The fourth-order valence-electron chi connectivity index (χ4n) is 11.1. The molecule has 0 bridgehead atoms. The van der Waals surface area contributed by atoms with Gasteiger partial charge in [0.25, 0.3) is 0 Å². The molecule has 3 heteroatoms. The molecule has 4 saturated carbocycles. The van der Waals surface area contributed by atoms with Crippen LogP contribution in [0.1, 0.15) is 120 Å². The molecule has 1 heterocycles. The van der Waals surface area contributed by atoms with Gasteiger partial charge in [-0.05, 0) is 130 Å². The highest BCUT2D eigenvalue weighted by atomic mass is 16.5. The molecule has 0 spiro atoms. The lowest BCUT2D eigenvalue weighted by atomic mass is 9.35. The molecule has 3 nitrogen and oxygen atoms in total. The van der Waals surface area contributed by atoms with Crippen LogP contribution in [0.2, 0.25) is 0 Å². The van der Waals surface area contributed by atoms with Crippen LogP contribution in [0.25, 0.3) is 0 Å². The van der Waals surface area contributed by atoms with Crippen LogP contribution >= 0.6 is 0 Å². The van der Waals surface area contributed by atoms with Crippen LogP contribution in [0.5, 0.6) is 0 Å². The van der Waals surface area contributed by atoms with Gasteiger partial charge in [-0.25, -0.2) is 0 Å². The van der Waals surface area contributed by atoms with E-state index in [4.69, 9.17) is 4.74 Å². The number of hydrogen-bond acceptors (Lipinski definition) is 3. The van der Waals surface area contributed by atoms with E-state index in [1.54, 1.807) is 0 Å². The Morgan fingerprint density at radius 2 is 1.36 bits per heavy atom. The summed E-state index contributed by atoms with van der Waals surface area (Å²) in [5.41, 5.74) is 0.277. The minimum atomic E-state index is -0.755. The molecule has 1 saturated heterocycles. The van der Waals surface area contributed by atoms with Crippen LogP contribution in [0, 0.1) is 45.3 Å². The molecule has 0 radical (unpaired) electrons. The van der Waals surface area contributed by atoms with E-state index >= 15 is 0 Å². The van der Waals surface area contributed by atoms with Crippen LogP contribution in [0.4, 0.5) is 0 Å². The predicted molar refractivity (Wildman–Crippen MR) is 134 cm³/mol. The molecule has 0 amide bonds. The van der Waals surface area contributed by atoms with Gasteiger partial charge in [-0.2, -0.15) is 0 Å². The van der Waals surface area contributed by atoms with E-state index in [9.17, 15) is 10.2 Å². The molecule has 5 rings (SSSR count). The highest BCUT2D eigenvalue weighted by Gasteiger charge is 2.70. The Hall–Kier alpha value is -0.120. The van der Waals surface area contributed by atoms with Gasteiger partial charge in [0.1, 0.15) is 0 Å². The Labute approximate surface area is 203 Å². The third kappa shape index (κ3) is 3.16. The van der Waals surface area contributed by atoms with Gasteiger partial charge in [-0.3, -0.25) is 0 Å². The maximum Gasteiger partial charge on any atom is 0.0865 e. The normalized spacial score (nSPS) is 56.2. The molecule has 0 aromatic heterocycles. The molecule has 0 unspecified atom stereocenters. The third-order valence-corrected chi connectivity index (χ3v) is 13.3. The molecule has 2 N–H and O–H groups in total. The number of fused-ring (bicyclic) bond motifs is 5. The van der Waals surface area contributed by atoms with Gasteiger partial charge in [-0.15, -0.1) is 0 Å². The van der Waals surface area contributed by atoms with Crippen molar-refractivity contribution in [2.75, 3.05) is 0 Å². The van der Waals surface area contributed by atoms with Crippen molar-refractivity contribution in [3.05, 3.63) is 0 Å². The average Bonchev–Trinajstić information content (AvgIpc) is 3.27. The standard InChI is InChI=1S/C30H52O3/c1-25(2)21-12-17-29(7)22(27(21,5)15-13-23(25)31)10-9-19-20(11-16-28(19,29)6)30(8)18-14-24(33-30)26(3,4)32/h19-24,31-32H,9-18H2,1-8H3/t19-,20+,21-,22-,23+,24+,27+,28-,29-,30-/m1/s1. The average molecular weight is 461 g/mol. The van der Waals surface area contributed by atoms with E-state index in [2.05, 4.69) is 41.5 Å². The lowest BCUT2D eigenvalue weighted by Gasteiger charge is -2.70. The third-order valence-electron chi connectivity index (χ3n) is 13.3. The molecule has 33 heavy (non-hydrogen) atoms. The van der Waals surface area contributed by atoms with Gasteiger partial charge in [0.15, 0.2) is 0 Å². The van der Waals surface area contributed by atoms with Gasteiger partial charge in [0, 0.05) is 0 Å². The minimum absolute atomic E-state index is 0.0293. The zero-order chi connectivity index (χ0) is 24.2. The van der Waals surface area contributed by atoms with Crippen LogP contribution in [-0.2, 0) is 4.74 Å². The maximum atomic E-state index is 10.9. The molecule has 10 atom stereocenters. The van der Waals surface area contributed by atoms with E-state index in [0.717, 1.165) is 31.1 Å². The van der Waals surface area contributed by atoms with Crippen molar-refractivity contribution in [1.29, 1.82) is 0 Å². The number of aliphatic hydroxyl groups is 2. The first kappa shape index (κ1) is 24.6. The summed E-state index contributed by atoms with van der Waals surface area (Å²) in [5, 5.41) is 21.5. The fourth-order valence-corrected chi connectivity index (χ4v) is 11.1. The van der Waals surface area contributed by atoms with Crippen molar-refractivity contribution in [3.63, 3.8) is 0 Å². The first-order chi connectivity index (χ1) is 15.1. The Morgan fingerprint density at radius 3 is 2.00 bits per heavy atom. The first-order valence-electron chi connectivity index (χ1n) is 14.2. The van der Waals surface area contributed by atoms with E-state index in [0.29, 0.717) is 28.1 Å². The van der Waals surface area contributed by atoms with Gasteiger partial charge >= 0.3 is 0 Å². The second-order valence-electron chi connectivity index (χ2n) is 15.3. The van der Waals surface area contributed by atoms with Crippen LogP contribution in [-0.4, -0.2) is 33.6 Å². The molecule has 4 aliphatic carbocycles. The summed E-state index contributed by atoms with van der Waals surface area (Å²) in [4.78, 5) is 0. The van der Waals surface area contributed by atoms with E-state index < -0.39 is 5.60 Å². The lowest BCUT2D eigenvalue weighted by Crippen LogP contribution is -2.64. The number of ether oxygens (including phenoxy) is 1. The van der Waals surface area contributed by atoms with Gasteiger partial charge in [-0.1, -0.05) is 34.6 Å². The van der Waals surface area contributed by atoms with E-state index in [1.165, 1.54) is 44.9 Å². The van der Waals surface area contributed by atoms with Crippen LogP contribution in [0.3, 0.4) is 0 Å². The van der Waals surface area contributed by atoms with Crippen LogP contribution < -0.4 is 0 Å². The second-order valence-corrected chi connectivity index (χ2v) is 15.3. The summed E-state index contributed by atoms with van der Waals surface area (Å²) in [6, 6.07) is 0. The molecule has 0 aromatic carbocycles. The van der Waals surface area contributed by atoms with Crippen LogP contribution in [0.15, 0.2) is 0 Å². The number of rotatable bonds is 2. The zero-order valence-corrected chi connectivity index (χ0v) is 22.8. The smallest absolute Gasteiger partial charge is 0.0865 e. The van der Waals surface area contributed by atoms with E-state index in [-0.39, 0.29) is 23.2 Å². The summed E-state index contributed by atoms with van der Waals surface area (Å²) >= 11 is 0. The summed E-state index contributed by atoms with van der Waals surface area (Å²) in [5.74, 6) is 2.73. The molecule has 5 aliphatic rings. The highest BCUT2D eigenvalue weighted by Crippen LogP contribution is 2.76. The Balaban J connectivity index is 1.44. The Kier molecular flexibility index (Phi) is 5.38. The van der Waals surface area contributed by atoms with E-state index in [1.807, 2.05) is 13.8 Å². The second kappa shape index (κ2) is 7.22. The Morgan fingerprint density at radius 1 is 0.697 bits per heavy atom. The molecule has 0 aromatic rings. The molecular formula is C30H52O3. The molecule has 190 valence electrons. The summed E-state index contributed by atoms with van der Waals surface area (Å²) < 4.78 is 6.73. The summed E-state index contributed by atoms with van der Waals surface area (Å²) in [6.45, 7) is 18.8. The first-order valence-corrected chi connectivity index (χ1v) is 14.2. The highest BCUT2D eigenvalue weighted by molar-refractivity contribution is 5.18. The van der Waals surface area contributed by atoms with Crippen molar-refractivity contribution in [2.45, 2.75) is 143 Å². The molecule has 1 aliphatic heterocycles. The topological polar surface area (TPSA) is 49.7 Å². The van der Waals surface area contributed by atoms with Crippen molar-refractivity contribution < 1.29 is 14.9 Å². The maximum absolute atomic E-state index is 10.9. The number of aliphatic hydroxyl groups excluding tert-OH is 1. The monoisotopic (exact) mass is 460 g/mol. The van der Waals surface area contributed by atoms with Crippen molar-refractivity contribution in [3.8, 4) is 0 Å². The summed E-state index contributed by atoms with van der Waals surface area (Å²) in [6.07, 6.45) is 11.9. The minimum Gasteiger partial charge on any atom is -0.393 e. The number of hydrogen-bond donors (Lipinski definition) is 2. The summed E-state index contributed by atoms with van der Waals surface area (Å²) in [7, 11) is 0. The lowest BCUT2D eigenvalue weighted by molar-refractivity contribution is -0.227. The molecule has 5 fully saturated rings. The van der Waals surface area contributed by atoms with Crippen molar-refractivity contribution in [2.24, 2.45) is 45.3 Å². The van der Waals surface area contributed by atoms with Gasteiger partial charge in [0.05, 0.1) is 23.4 Å². The Bertz CT molecular complexity index is 784. The van der Waals surface area contributed by atoms with Crippen molar-refractivity contribution >= 4 is 0 Å². The predicted octanol–water partition coefficient (Wildman–Crippen LogP) is 6.74.